The van der Waals surface area contributed by atoms with Crippen molar-refractivity contribution in [1.82, 2.24) is 14.9 Å². The van der Waals surface area contributed by atoms with Gasteiger partial charge in [0.15, 0.2) is 16.7 Å². The number of rotatable bonds is 9. The lowest BCUT2D eigenvalue weighted by Crippen LogP contribution is -2.50. The van der Waals surface area contributed by atoms with Crippen molar-refractivity contribution in [3.63, 3.8) is 0 Å². The van der Waals surface area contributed by atoms with Gasteiger partial charge < -0.3 is 19.7 Å². The summed E-state index contributed by atoms with van der Waals surface area (Å²) < 4.78 is 10.8. The highest BCUT2D eigenvalue weighted by Gasteiger charge is 2.33. The molecule has 1 atom stereocenters. The Labute approximate surface area is 221 Å². The SMILES string of the molecule is Cc1cc(C)nc(SCC(=O)N(Cc2ccccc2C)[C@H](C(=O)Nc2ccc3c(c2)OCO3)C(C)C)n1. The largest absolute Gasteiger partial charge is 0.454 e. The predicted molar refractivity (Wildman–Crippen MR) is 144 cm³/mol. The Morgan fingerprint density at radius 3 is 2.41 bits per heavy atom. The van der Waals surface area contributed by atoms with Gasteiger partial charge in [-0.1, -0.05) is 49.9 Å². The summed E-state index contributed by atoms with van der Waals surface area (Å²) in [6, 6.07) is 14.4. The van der Waals surface area contributed by atoms with Gasteiger partial charge in [-0.15, -0.1) is 0 Å². The third-order valence-corrected chi connectivity index (χ3v) is 6.92. The van der Waals surface area contributed by atoms with Crippen LogP contribution in [0.3, 0.4) is 0 Å². The maximum absolute atomic E-state index is 13.7. The first-order valence-corrected chi connectivity index (χ1v) is 13.2. The molecule has 2 aromatic carbocycles. The highest BCUT2D eigenvalue weighted by atomic mass is 32.2. The highest BCUT2D eigenvalue weighted by molar-refractivity contribution is 7.99. The van der Waals surface area contributed by atoms with Gasteiger partial charge >= 0.3 is 0 Å². The second-order valence-electron chi connectivity index (χ2n) is 9.42. The zero-order valence-electron chi connectivity index (χ0n) is 21.8. The lowest BCUT2D eigenvalue weighted by atomic mass is 9.99. The molecule has 0 bridgehead atoms. The van der Waals surface area contributed by atoms with Crippen LogP contribution in [-0.4, -0.2) is 45.3 Å². The van der Waals surface area contributed by atoms with E-state index < -0.39 is 6.04 Å². The Morgan fingerprint density at radius 1 is 1.00 bits per heavy atom. The average molecular weight is 521 g/mol. The molecule has 0 unspecified atom stereocenters. The van der Waals surface area contributed by atoms with Crippen LogP contribution in [0.4, 0.5) is 5.69 Å². The molecule has 3 aromatic rings. The number of thioether (sulfide) groups is 1. The van der Waals surface area contributed by atoms with Gasteiger partial charge in [0.1, 0.15) is 6.04 Å². The Hall–Kier alpha value is -3.59. The van der Waals surface area contributed by atoms with Crippen molar-refractivity contribution in [2.45, 2.75) is 52.4 Å². The topological polar surface area (TPSA) is 93.7 Å². The van der Waals surface area contributed by atoms with Crippen LogP contribution >= 0.6 is 11.8 Å². The van der Waals surface area contributed by atoms with Crippen molar-refractivity contribution in [3.05, 3.63) is 71.0 Å². The molecule has 0 saturated carbocycles. The fraction of sp³-hybridized carbons (Fsp3) is 0.357. The number of nitrogens with zero attached hydrogens (tertiary/aromatic N) is 3. The molecule has 1 aliphatic heterocycles. The minimum Gasteiger partial charge on any atom is -0.454 e. The number of carbonyl (C=O) groups is 2. The normalized spacial score (nSPS) is 12.9. The van der Waals surface area contributed by atoms with E-state index in [1.54, 1.807) is 23.1 Å². The fourth-order valence-corrected chi connectivity index (χ4v) is 5.11. The summed E-state index contributed by atoms with van der Waals surface area (Å²) in [5.74, 6) is 0.787. The molecule has 0 fully saturated rings. The van der Waals surface area contributed by atoms with Gasteiger partial charge in [0.05, 0.1) is 5.75 Å². The van der Waals surface area contributed by atoms with Crippen LogP contribution in [0.25, 0.3) is 0 Å². The Balaban J connectivity index is 1.58. The van der Waals surface area contributed by atoms with Gasteiger partial charge in [-0.2, -0.15) is 0 Å². The molecule has 37 heavy (non-hydrogen) atoms. The van der Waals surface area contributed by atoms with E-state index in [-0.39, 0.29) is 30.3 Å². The molecule has 1 N–H and O–H groups in total. The molecule has 1 aromatic heterocycles. The number of fused-ring (bicyclic) bond motifs is 1. The molecule has 4 rings (SSSR count). The first kappa shape index (κ1) is 26.5. The second kappa shape index (κ2) is 11.6. The number of carbonyl (C=O) groups excluding carboxylic acids is 2. The van der Waals surface area contributed by atoms with Gasteiger partial charge in [-0.05, 0) is 56.0 Å². The van der Waals surface area contributed by atoms with E-state index in [9.17, 15) is 9.59 Å². The third kappa shape index (κ3) is 6.60. The van der Waals surface area contributed by atoms with Gasteiger partial charge in [0.25, 0.3) is 0 Å². The number of amides is 2. The summed E-state index contributed by atoms with van der Waals surface area (Å²) in [5.41, 5.74) is 4.33. The number of anilines is 1. The number of hydrogen-bond acceptors (Lipinski definition) is 7. The minimum atomic E-state index is -0.696. The molecular formula is C28H32N4O4S. The zero-order chi connectivity index (χ0) is 26.5. The fourth-order valence-electron chi connectivity index (χ4n) is 4.27. The number of aryl methyl sites for hydroxylation is 3. The Kier molecular flexibility index (Phi) is 8.33. The lowest BCUT2D eigenvalue weighted by Gasteiger charge is -2.34. The van der Waals surface area contributed by atoms with E-state index in [0.717, 1.165) is 22.5 Å². The summed E-state index contributed by atoms with van der Waals surface area (Å²) in [7, 11) is 0. The number of nitrogens with one attached hydrogen (secondary N) is 1. The average Bonchev–Trinajstić information content (AvgIpc) is 3.30. The molecule has 2 heterocycles. The van der Waals surface area contributed by atoms with Crippen LogP contribution in [0.15, 0.2) is 53.7 Å². The molecule has 2 amide bonds. The van der Waals surface area contributed by atoms with Crippen LogP contribution in [-0.2, 0) is 16.1 Å². The second-order valence-corrected chi connectivity index (χ2v) is 10.4. The summed E-state index contributed by atoms with van der Waals surface area (Å²) in [4.78, 5) is 37.9. The highest BCUT2D eigenvalue weighted by Crippen LogP contribution is 2.34. The Morgan fingerprint density at radius 2 is 1.70 bits per heavy atom. The number of ether oxygens (including phenoxy) is 2. The standard InChI is InChI=1S/C28H32N4O4S/c1-17(2)26(27(34)31-22-10-11-23-24(13-22)36-16-35-23)32(14-21-9-7-6-8-18(21)3)25(33)15-37-28-29-19(4)12-20(5)30-28/h6-13,17,26H,14-16H2,1-5H3,(H,31,34)/t26-/m0/s1. The van der Waals surface area contributed by atoms with Crippen molar-refractivity contribution in [2.24, 2.45) is 5.92 Å². The van der Waals surface area contributed by atoms with Crippen LogP contribution in [0.5, 0.6) is 11.5 Å². The smallest absolute Gasteiger partial charge is 0.247 e. The molecule has 9 heteroatoms. The maximum Gasteiger partial charge on any atom is 0.247 e. The van der Waals surface area contributed by atoms with Gasteiger partial charge in [0, 0.05) is 29.7 Å². The summed E-state index contributed by atoms with van der Waals surface area (Å²) in [5, 5.41) is 3.53. The van der Waals surface area contributed by atoms with E-state index in [2.05, 4.69) is 15.3 Å². The lowest BCUT2D eigenvalue weighted by molar-refractivity contribution is -0.138. The number of aromatic nitrogens is 2. The van der Waals surface area contributed by atoms with E-state index in [4.69, 9.17) is 9.47 Å². The minimum absolute atomic E-state index is 0.120. The van der Waals surface area contributed by atoms with E-state index in [1.807, 2.05) is 65.0 Å². The first-order valence-electron chi connectivity index (χ1n) is 12.2. The zero-order valence-corrected chi connectivity index (χ0v) is 22.6. The predicted octanol–water partition coefficient (Wildman–Crippen LogP) is 4.91. The van der Waals surface area contributed by atoms with E-state index >= 15 is 0 Å². The van der Waals surface area contributed by atoms with E-state index in [0.29, 0.717) is 28.9 Å². The van der Waals surface area contributed by atoms with Gasteiger partial charge in [-0.25, -0.2) is 9.97 Å². The molecule has 1 aliphatic rings. The summed E-state index contributed by atoms with van der Waals surface area (Å²) in [6.07, 6.45) is 0. The van der Waals surface area contributed by atoms with Gasteiger partial charge in [-0.3, -0.25) is 9.59 Å². The summed E-state index contributed by atoms with van der Waals surface area (Å²) in [6.45, 7) is 10.2. The molecule has 8 nitrogen and oxygen atoms in total. The van der Waals surface area contributed by atoms with Crippen LogP contribution in [0.1, 0.15) is 36.4 Å². The van der Waals surface area contributed by atoms with E-state index in [1.165, 1.54) is 11.8 Å². The van der Waals surface area contributed by atoms with Crippen LogP contribution < -0.4 is 14.8 Å². The molecular weight excluding hydrogens is 488 g/mol. The van der Waals surface area contributed by atoms with Crippen molar-refractivity contribution in [3.8, 4) is 11.5 Å². The molecule has 0 saturated heterocycles. The van der Waals surface area contributed by atoms with Gasteiger partial charge in [0.2, 0.25) is 18.6 Å². The monoisotopic (exact) mass is 520 g/mol. The third-order valence-electron chi connectivity index (χ3n) is 6.08. The van der Waals surface area contributed by atoms with Crippen LogP contribution in [0, 0.1) is 26.7 Å². The molecule has 0 spiro atoms. The summed E-state index contributed by atoms with van der Waals surface area (Å²) >= 11 is 1.28. The van der Waals surface area contributed by atoms with Crippen LogP contribution in [0.2, 0.25) is 0 Å². The van der Waals surface area contributed by atoms with Crippen molar-refractivity contribution in [1.29, 1.82) is 0 Å². The number of benzene rings is 2. The molecule has 194 valence electrons. The quantitative estimate of drug-likeness (QED) is 0.316. The van der Waals surface area contributed by atoms with Crippen molar-refractivity contribution < 1.29 is 19.1 Å². The maximum atomic E-state index is 13.7. The van der Waals surface area contributed by atoms with Crippen molar-refractivity contribution >= 4 is 29.3 Å². The van der Waals surface area contributed by atoms with Crippen molar-refractivity contribution in [2.75, 3.05) is 17.9 Å². The number of hydrogen-bond donors (Lipinski definition) is 1. The molecule has 0 radical (unpaired) electrons. The molecule has 0 aliphatic carbocycles. The first-order chi connectivity index (χ1) is 17.7. The Bertz CT molecular complexity index is 1280.